The summed E-state index contributed by atoms with van der Waals surface area (Å²) < 4.78 is 32.0. The molecule has 16 heavy (non-hydrogen) atoms. The van der Waals surface area contributed by atoms with E-state index in [9.17, 15) is 13.9 Å². The van der Waals surface area contributed by atoms with E-state index in [1.165, 1.54) is 12.1 Å². The molecule has 1 aliphatic carbocycles. The lowest BCUT2D eigenvalue weighted by atomic mass is 10.2. The van der Waals surface area contributed by atoms with Crippen molar-refractivity contribution in [1.82, 2.24) is 0 Å². The van der Waals surface area contributed by atoms with E-state index in [4.69, 9.17) is 4.74 Å². The van der Waals surface area contributed by atoms with Crippen molar-refractivity contribution < 1.29 is 18.6 Å². The molecule has 1 saturated carbocycles. The second-order valence-corrected chi connectivity index (χ2v) is 4.68. The Morgan fingerprint density at radius 2 is 2.00 bits per heavy atom. The third-order valence-corrected chi connectivity index (χ3v) is 3.31. The van der Waals surface area contributed by atoms with Crippen LogP contribution in [0.4, 0.5) is 8.78 Å². The molecule has 1 aromatic carbocycles. The smallest absolute Gasteiger partial charge is 0.201 e. The summed E-state index contributed by atoms with van der Waals surface area (Å²) in [6, 6.07) is 2.74. The highest BCUT2D eigenvalue weighted by molar-refractivity contribution is 9.10. The summed E-state index contributed by atoms with van der Waals surface area (Å²) in [5, 5.41) is 9.51. The van der Waals surface area contributed by atoms with Crippen LogP contribution in [-0.4, -0.2) is 17.3 Å². The lowest BCUT2D eigenvalue weighted by Gasteiger charge is -2.17. The molecule has 2 nitrogen and oxygen atoms in total. The Hall–Kier alpha value is -0.680. The molecule has 0 radical (unpaired) electrons. The predicted octanol–water partition coefficient (Wildman–Crippen LogP) is 3.02. The number of ether oxygens (including phenoxy) is 1. The molecule has 1 fully saturated rings. The first kappa shape index (κ1) is 11.8. The summed E-state index contributed by atoms with van der Waals surface area (Å²) in [7, 11) is 0. The van der Waals surface area contributed by atoms with Crippen LogP contribution in [0.15, 0.2) is 16.6 Å². The van der Waals surface area contributed by atoms with Gasteiger partial charge in [-0.05, 0) is 47.3 Å². The van der Waals surface area contributed by atoms with Gasteiger partial charge < -0.3 is 9.84 Å². The van der Waals surface area contributed by atoms with Crippen molar-refractivity contribution in [3.05, 3.63) is 28.2 Å². The molecule has 0 saturated heterocycles. The van der Waals surface area contributed by atoms with Crippen LogP contribution >= 0.6 is 15.9 Å². The van der Waals surface area contributed by atoms with E-state index in [2.05, 4.69) is 15.9 Å². The number of benzene rings is 1. The van der Waals surface area contributed by atoms with Crippen molar-refractivity contribution in [2.75, 3.05) is 0 Å². The van der Waals surface area contributed by atoms with Gasteiger partial charge in [-0.1, -0.05) is 0 Å². The molecule has 5 heteroatoms. The standard InChI is InChI=1S/C11H11BrF2O2/c12-6-4-5-9(11(14)10(6)13)16-8-3-1-2-7(8)15/h4-5,7-8,15H,1-3H2. The molecule has 2 rings (SSSR count). The highest BCUT2D eigenvalue weighted by Crippen LogP contribution is 2.30. The van der Waals surface area contributed by atoms with E-state index in [-0.39, 0.29) is 10.2 Å². The van der Waals surface area contributed by atoms with E-state index in [0.29, 0.717) is 12.8 Å². The van der Waals surface area contributed by atoms with E-state index in [0.717, 1.165) is 6.42 Å². The van der Waals surface area contributed by atoms with Crippen molar-refractivity contribution in [2.45, 2.75) is 31.5 Å². The highest BCUT2D eigenvalue weighted by Gasteiger charge is 2.28. The van der Waals surface area contributed by atoms with Crippen LogP contribution < -0.4 is 4.74 Å². The van der Waals surface area contributed by atoms with Crippen molar-refractivity contribution in [3.8, 4) is 5.75 Å². The summed E-state index contributed by atoms with van der Waals surface area (Å²) in [6.45, 7) is 0. The van der Waals surface area contributed by atoms with Crippen molar-refractivity contribution >= 4 is 15.9 Å². The molecule has 0 amide bonds. The number of aliphatic hydroxyl groups excluding tert-OH is 1. The number of hydrogen-bond acceptors (Lipinski definition) is 2. The molecule has 1 aromatic rings. The van der Waals surface area contributed by atoms with Crippen LogP contribution in [0.5, 0.6) is 5.75 Å². The predicted molar refractivity (Wildman–Crippen MR) is 58.3 cm³/mol. The number of hydrogen-bond donors (Lipinski definition) is 1. The Bertz CT molecular complexity index is 398. The first-order valence-corrected chi connectivity index (χ1v) is 5.87. The van der Waals surface area contributed by atoms with E-state index in [1.54, 1.807) is 0 Å². The molecule has 1 aliphatic rings. The molecule has 1 N–H and O–H groups in total. The van der Waals surface area contributed by atoms with E-state index >= 15 is 0 Å². The molecule has 0 bridgehead atoms. The fraction of sp³-hybridized carbons (Fsp3) is 0.455. The van der Waals surface area contributed by atoms with Crippen molar-refractivity contribution in [3.63, 3.8) is 0 Å². The van der Waals surface area contributed by atoms with Crippen molar-refractivity contribution in [1.29, 1.82) is 0 Å². The topological polar surface area (TPSA) is 29.5 Å². The third-order valence-electron chi connectivity index (χ3n) is 2.70. The molecule has 0 aliphatic heterocycles. The van der Waals surface area contributed by atoms with Gasteiger partial charge in [0.2, 0.25) is 5.82 Å². The average Bonchev–Trinajstić information content (AvgIpc) is 2.65. The van der Waals surface area contributed by atoms with Crippen LogP contribution in [0, 0.1) is 11.6 Å². The van der Waals surface area contributed by atoms with Crippen molar-refractivity contribution in [2.24, 2.45) is 0 Å². The Morgan fingerprint density at radius 3 is 2.62 bits per heavy atom. The molecule has 0 heterocycles. The Morgan fingerprint density at radius 1 is 1.25 bits per heavy atom. The average molecular weight is 293 g/mol. The second kappa shape index (κ2) is 4.67. The molecule has 2 unspecified atom stereocenters. The number of halogens is 3. The molecular formula is C11H11BrF2O2. The minimum absolute atomic E-state index is 0.0596. The van der Waals surface area contributed by atoms with Gasteiger partial charge in [0.15, 0.2) is 11.6 Å². The van der Waals surface area contributed by atoms with E-state index in [1.807, 2.05) is 0 Å². The number of aliphatic hydroxyl groups is 1. The SMILES string of the molecule is OC1CCCC1Oc1ccc(Br)c(F)c1F. The summed E-state index contributed by atoms with van der Waals surface area (Å²) in [5.41, 5.74) is 0. The van der Waals surface area contributed by atoms with Gasteiger partial charge in [-0.15, -0.1) is 0 Å². The maximum absolute atomic E-state index is 13.4. The zero-order valence-corrected chi connectivity index (χ0v) is 10.0. The minimum Gasteiger partial charge on any atom is -0.485 e. The Labute approximate surface area is 100 Å². The lowest BCUT2D eigenvalue weighted by Crippen LogP contribution is -2.26. The monoisotopic (exact) mass is 292 g/mol. The van der Waals surface area contributed by atoms with Crippen LogP contribution in [0.2, 0.25) is 0 Å². The molecule has 88 valence electrons. The maximum Gasteiger partial charge on any atom is 0.201 e. The largest absolute Gasteiger partial charge is 0.485 e. The van der Waals surface area contributed by atoms with Gasteiger partial charge in [0.05, 0.1) is 10.6 Å². The number of rotatable bonds is 2. The van der Waals surface area contributed by atoms with Gasteiger partial charge in [-0.3, -0.25) is 0 Å². The summed E-state index contributed by atoms with van der Waals surface area (Å²) >= 11 is 2.88. The second-order valence-electron chi connectivity index (χ2n) is 3.83. The summed E-state index contributed by atoms with van der Waals surface area (Å²) in [4.78, 5) is 0. The molecule has 2 atom stereocenters. The van der Waals surface area contributed by atoms with E-state index < -0.39 is 23.8 Å². The first-order valence-electron chi connectivity index (χ1n) is 5.08. The van der Waals surface area contributed by atoms with Gasteiger partial charge in [-0.2, -0.15) is 4.39 Å². The van der Waals surface area contributed by atoms with Gasteiger partial charge >= 0.3 is 0 Å². The normalized spacial score (nSPS) is 24.8. The Kier molecular flexibility index (Phi) is 3.44. The third kappa shape index (κ3) is 2.20. The molecule has 0 spiro atoms. The zero-order valence-electron chi connectivity index (χ0n) is 8.42. The van der Waals surface area contributed by atoms with Crippen LogP contribution in [-0.2, 0) is 0 Å². The van der Waals surface area contributed by atoms with Gasteiger partial charge in [0.1, 0.15) is 6.10 Å². The molecule has 0 aromatic heterocycles. The lowest BCUT2D eigenvalue weighted by molar-refractivity contribution is 0.0573. The maximum atomic E-state index is 13.4. The van der Waals surface area contributed by atoms with Gasteiger partial charge in [0, 0.05) is 0 Å². The fourth-order valence-electron chi connectivity index (χ4n) is 1.81. The van der Waals surface area contributed by atoms with Gasteiger partial charge in [-0.25, -0.2) is 4.39 Å². The Balaban J connectivity index is 2.18. The van der Waals surface area contributed by atoms with Gasteiger partial charge in [0.25, 0.3) is 0 Å². The first-order chi connectivity index (χ1) is 7.59. The van der Waals surface area contributed by atoms with Crippen LogP contribution in [0.3, 0.4) is 0 Å². The summed E-state index contributed by atoms with van der Waals surface area (Å²) in [6.07, 6.45) is 1.12. The van der Waals surface area contributed by atoms with Crippen LogP contribution in [0.1, 0.15) is 19.3 Å². The summed E-state index contributed by atoms with van der Waals surface area (Å²) in [5.74, 6) is -2.13. The van der Waals surface area contributed by atoms with Crippen LogP contribution in [0.25, 0.3) is 0 Å². The minimum atomic E-state index is -1.02. The molecular weight excluding hydrogens is 282 g/mol. The zero-order chi connectivity index (χ0) is 11.7. The fourth-order valence-corrected chi connectivity index (χ4v) is 2.11. The quantitative estimate of drug-likeness (QED) is 0.849. The highest BCUT2D eigenvalue weighted by atomic mass is 79.9.